The van der Waals surface area contributed by atoms with E-state index in [1.807, 2.05) is 54.6 Å². The number of anilines is 4. The molecule has 3 rings (SSSR count). The Morgan fingerprint density at radius 2 is 1.32 bits per heavy atom. The Balaban J connectivity index is 2.12. The number of hydrogen-bond donors (Lipinski definition) is 2. The van der Waals surface area contributed by atoms with Crippen LogP contribution in [0.5, 0.6) is 0 Å². The zero-order valence-corrected chi connectivity index (χ0v) is 12.3. The molecule has 4 N–H and O–H groups in total. The Kier molecular flexibility index (Phi) is 4.08. The first-order valence-corrected chi connectivity index (χ1v) is 7.27. The first-order valence-electron chi connectivity index (χ1n) is 7.27. The average Bonchev–Trinajstić information content (AvgIpc) is 2.58. The minimum absolute atomic E-state index is 0.526. The lowest BCUT2D eigenvalue weighted by Gasteiger charge is -2.26. The number of hydrogen-bond acceptors (Lipinski definition) is 3. The van der Waals surface area contributed by atoms with E-state index in [9.17, 15) is 0 Å². The van der Waals surface area contributed by atoms with Crippen LogP contribution >= 0.6 is 0 Å². The fourth-order valence-electron chi connectivity index (χ4n) is 2.47. The van der Waals surface area contributed by atoms with Crippen LogP contribution in [-0.4, -0.2) is 0 Å². The molecule has 0 aliphatic rings. The second-order valence-electron chi connectivity index (χ2n) is 5.14. The first-order chi connectivity index (χ1) is 10.8. The SMILES string of the molecule is NCc1cccc(N(c2ccccc2)c2ccc(N)cc2)c1. The van der Waals surface area contributed by atoms with E-state index in [2.05, 4.69) is 29.2 Å². The van der Waals surface area contributed by atoms with E-state index >= 15 is 0 Å². The van der Waals surface area contributed by atoms with Gasteiger partial charge in [-0.25, -0.2) is 0 Å². The summed E-state index contributed by atoms with van der Waals surface area (Å²) in [4.78, 5) is 2.19. The highest BCUT2D eigenvalue weighted by Gasteiger charge is 2.12. The van der Waals surface area contributed by atoms with Gasteiger partial charge in [0.2, 0.25) is 0 Å². The van der Waals surface area contributed by atoms with Gasteiger partial charge in [0.05, 0.1) is 0 Å². The largest absolute Gasteiger partial charge is 0.399 e. The van der Waals surface area contributed by atoms with Crippen molar-refractivity contribution >= 4 is 22.7 Å². The number of para-hydroxylation sites is 1. The molecule has 0 saturated carbocycles. The van der Waals surface area contributed by atoms with Crippen LogP contribution < -0.4 is 16.4 Å². The van der Waals surface area contributed by atoms with Crippen LogP contribution in [0.1, 0.15) is 5.56 Å². The number of nitrogens with zero attached hydrogens (tertiary/aromatic N) is 1. The highest BCUT2D eigenvalue weighted by Crippen LogP contribution is 2.34. The van der Waals surface area contributed by atoms with Crippen molar-refractivity contribution in [2.24, 2.45) is 5.73 Å². The van der Waals surface area contributed by atoms with Crippen molar-refractivity contribution in [1.29, 1.82) is 0 Å². The first kappa shape index (κ1) is 14.2. The van der Waals surface area contributed by atoms with Gasteiger partial charge in [0.1, 0.15) is 0 Å². The highest BCUT2D eigenvalue weighted by molar-refractivity contribution is 5.77. The topological polar surface area (TPSA) is 55.3 Å². The second kappa shape index (κ2) is 6.33. The summed E-state index contributed by atoms with van der Waals surface area (Å²) >= 11 is 0. The predicted molar refractivity (Wildman–Crippen MR) is 93.4 cm³/mol. The molecule has 3 heteroatoms. The van der Waals surface area contributed by atoms with Gasteiger partial charge in [0, 0.05) is 29.3 Å². The van der Waals surface area contributed by atoms with Crippen molar-refractivity contribution < 1.29 is 0 Å². The monoisotopic (exact) mass is 289 g/mol. The van der Waals surface area contributed by atoms with Crippen LogP contribution in [0.3, 0.4) is 0 Å². The summed E-state index contributed by atoms with van der Waals surface area (Å²) in [5.74, 6) is 0. The molecule has 0 radical (unpaired) electrons. The van der Waals surface area contributed by atoms with Gasteiger partial charge in [-0.2, -0.15) is 0 Å². The van der Waals surface area contributed by atoms with Crippen molar-refractivity contribution in [3.63, 3.8) is 0 Å². The van der Waals surface area contributed by atoms with Gasteiger partial charge < -0.3 is 16.4 Å². The lowest BCUT2D eigenvalue weighted by atomic mass is 10.1. The zero-order chi connectivity index (χ0) is 15.4. The normalized spacial score (nSPS) is 10.4. The quantitative estimate of drug-likeness (QED) is 0.708. The Morgan fingerprint density at radius 1 is 0.682 bits per heavy atom. The second-order valence-corrected chi connectivity index (χ2v) is 5.14. The predicted octanol–water partition coefficient (Wildman–Crippen LogP) is 4.20. The van der Waals surface area contributed by atoms with E-state index in [1.54, 1.807) is 0 Å². The molecule has 3 aromatic carbocycles. The summed E-state index contributed by atoms with van der Waals surface area (Å²) in [5, 5.41) is 0. The molecule has 0 saturated heterocycles. The van der Waals surface area contributed by atoms with E-state index in [4.69, 9.17) is 11.5 Å². The number of nitrogen functional groups attached to an aromatic ring is 1. The third-order valence-corrected chi connectivity index (χ3v) is 3.57. The third-order valence-electron chi connectivity index (χ3n) is 3.57. The van der Waals surface area contributed by atoms with Gasteiger partial charge in [-0.3, -0.25) is 0 Å². The Morgan fingerprint density at radius 3 is 2.00 bits per heavy atom. The standard InChI is InChI=1S/C19H19N3/c20-14-15-5-4-8-19(13-15)22(17-6-2-1-3-7-17)18-11-9-16(21)10-12-18/h1-13H,14,20-21H2. The molecular weight excluding hydrogens is 270 g/mol. The number of nitrogens with two attached hydrogens (primary N) is 2. The fourth-order valence-corrected chi connectivity index (χ4v) is 2.47. The molecule has 0 atom stereocenters. The number of rotatable bonds is 4. The van der Waals surface area contributed by atoms with Crippen LogP contribution in [0.2, 0.25) is 0 Å². The lowest BCUT2D eigenvalue weighted by Crippen LogP contribution is -2.10. The summed E-state index contributed by atoms with van der Waals surface area (Å²) in [7, 11) is 0. The summed E-state index contributed by atoms with van der Waals surface area (Å²) in [6.45, 7) is 0.526. The van der Waals surface area contributed by atoms with Gasteiger partial charge in [-0.15, -0.1) is 0 Å². The maximum Gasteiger partial charge on any atom is 0.0464 e. The van der Waals surface area contributed by atoms with Crippen LogP contribution in [0, 0.1) is 0 Å². The highest BCUT2D eigenvalue weighted by atomic mass is 15.1. The molecule has 0 bridgehead atoms. The molecule has 3 nitrogen and oxygen atoms in total. The Labute approximate surface area is 130 Å². The van der Waals surface area contributed by atoms with E-state index < -0.39 is 0 Å². The fraction of sp³-hybridized carbons (Fsp3) is 0.0526. The summed E-state index contributed by atoms with van der Waals surface area (Å²) in [5.41, 5.74) is 16.7. The average molecular weight is 289 g/mol. The zero-order valence-electron chi connectivity index (χ0n) is 12.3. The number of benzene rings is 3. The third kappa shape index (κ3) is 2.95. The Hall–Kier alpha value is -2.78. The van der Waals surface area contributed by atoms with Gasteiger partial charge in [0.15, 0.2) is 0 Å². The van der Waals surface area contributed by atoms with Crippen molar-refractivity contribution in [3.8, 4) is 0 Å². The Bertz CT molecular complexity index is 736. The van der Waals surface area contributed by atoms with E-state index in [0.29, 0.717) is 6.54 Å². The smallest absolute Gasteiger partial charge is 0.0464 e. The van der Waals surface area contributed by atoms with Crippen LogP contribution in [0.15, 0.2) is 78.9 Å². The van der Waals surface area contributed by atoms with Gasteiger partial charge in [0.25, 0.3) is 0 Å². The molecule has 0 fully saturated rings. The minimum atomic E-state index is 0.526. The van der Waals surface area contributed by atoms with E-state index in [-0.39, 0.29) is 0 Å². The van der Waals surface area contributed by atoms with E-state index in [0.717, 1.165) is 28.3 Å². The molecule has 0 aliphatic carbocycles. The maximum atomic E-state index is 5.81. The van der Waals surface area contributed by atoms with Crippen molar-refractivity contribution in [3.05, 3.63) is 84.4 Å². The molecule has 0 heterocycles. The summed E-state index contributed by atoms with van der Waals surface area (Å²) in [6, 6.07) is 26.4. The van der Waals surface area contributed by atoms with Crippen LogP contribution in [0.4, 0.5) is 22.7 Å². The molecule has 0 aliphatic heterocycles. The molecule has 0 spiro atoms. The molecule has 110 valence electrons. The molecule has 3 aromatic rings. The van der Waals surface area contributed by atoms with Crippen LogP contribution in [-0.2, 0) is 6.54 Å². The van der Waals surface area contributed by atoms with Gasteiger partial charge >= 0.3 is 0 Å². The minimum Gasteiger partial charge on any atom is -0.399 e. The molecule has 22 heavy (non-hydrogen) atoms. The molecule has 0 amide bonds. The van der Waals surface area contributed by atoms with Crippen molar-refractivity contribution in [1.82, 2.24) is 0 Å². The molecular formula is C19H19N3. The van der Waals surface area contributed by atoms with Crippen molar-refractivity contribution in [2.75, 3.05) is 10.6 Å². The van der Waals surface area contributed by atoms with Gasteiger partial charge in [-0.1, -0.05) is 30.3 Å². The summed E-state index contributed by atoms with van der Waals surface area (Å²) < 4.78 is 0. The summed E-state index contributed by atoms with van der Waals surface area (Å²) in [6.07, 6.45) is 0. The molecule has 0 aromatic heterocycles. The molecule has 0 unspecified atom stereocenters. The van der Waals surface area contributed by atoms with Crippen molar-refractivity contribution in [2.45, 2.75) is 6.54 Å². The maximum absolute atomic E-state index is 5.81. The van der Waals surface area contributed by atoms with E-state index in [1.165, 1.54) is 0 Å². The van der Waals surface area contributed by atoms with Crippen LogP contribution in [0.25, 0.3) is 0 Å². The lowest BCUT2D eigenvalue weighted by molar-refractivity contribution is 1.07. The van der Waals surface area contributed by atoms with Gasteiger partial charge in [-0.05, 0) is 54.1 Å².